The molecule has 0 spiro atoms. The molecule has 0 saturated heterocycles. The van der Waals surface area contributed by atoms with Crippen LogP contribution in [0.3, 0.4) is 0 Å². The van der Waals surface area contributed by atoms with Gasteiger partial charge in [-0.05, 0) is 12.1 Å². The topological polar surface area (TPSA) is 28.5 Å². The second kappa shape index (κ2) is 7.66. The minimum Gasteiger partial charge on any atom is -1.00 e. The van der Waals surface area contributed by atoms with Crippen molar-refractivity contribution in [2.75, 3.05) is 0 Å². The summed E-state index contributed by atoms with van der Waals surface area (Å²) in [5.74, 6) is 1.23. The molecule has 3 aromatic rings. The molecule has 4 nitrogen and oxygen atoms in total. The lowest BCUT2D eigenvalue weighted by atomic mass is 10.3. The van der Waals surface area contributed by atoms with Crippen molar-refractivity contribution in [3.05, 3.63) is 66.3 Å². The van der Waals surface area contributed by atoms with E-state index >= 15 is 0 Å². The first kappa shape index (κ1) is 19.3. The SMILES string of the molecule is Cc1c(C)[n+](C(C)[n+]2cc[nH]c2)c(C)n1-c1ccccc1.[Cl-].[Cl-]. The third-order valence-corrected chi connectivity index (χ3v) is 4.28. The average molecular weight is 353 g/mol. The van der Waals surface area contributed by atoms with Crippen molar-refractivity contribution in [3.8, 4) is 5.69 Å². The van der Waals surface area contributed by atoms with Crippen molar-refractivity contribution in [2.45, 2.75) is 33.9 Å². The van der Waals surface area contributed by atoms with Gasteiger partial charge in [0.2, 0.25) is 12.5 Å². The van der Waals surface area contributed by atoms with Crippen molar-refractivity contribution in [2.24, 2.45) is 0 Å². The van der Waals surface area contributed by atoms with Crippen LogP contribution in [0.4, 0.5) is 0 Å². The zero-order valence-electron chi connectivity index (χ0n) is 13.8. The Morgan fingerprint density at radius 2 is 1.70 bits per heavy atom. The number of aromatic amines is 1. The van der Waals surface area contributed by atoms with E-state index in [1.54, 1.807) is 0 Å². The van der Waals surface area contributed by atoms with E-state index in [4.69, 9.17) is 0 Å². The van der Waals surface area contributed by atoms with Gasteiger partial charge in [0.1, 0.15) is 29.5 Å². The number of imidazole rings is 2. The number of aromatic nitrogens is 4. The molecule has 0 saturated carbocycles. The van der Waals surface area contributed by atoms with Crippen LogP contribution in [-0.2, 0) is 0 Å². The molecule has 0 aliphatic carbocycles. The minimum atomic E-state index is 0. The second-order valence-corrected chi connectivity index (χ2v) is 5.45. The van der Waals surface area contributed by atoms with Gasteiger partial charge in [-0.3, -0.25) is 4.98 Å². The molecule has 0 aliphatic rings. The molecular formula is C17H22Cl2N4. The summed E-state index contributed by atoms with van der Waals surface area (Å²) < 4.78 is 6.87. The zero-order chi connectivity index (χ0) is 15.0. The van der Waals surface area contributed by atoms with Crippen LogP contribution in [0.1, 0.15) is 30.3 Å². The maximum Gasteiger partial charge on any atom is 0.262 e. The number of nitrogens with zero attached hydrogens (tertiary/aromatic N) is 3. The Labute approximate surface area is 149 Å². The third kappa shape index (κ3) is 3.28. The van der Waals surface area contributed by atoms with E-state index in [0.717, 1.165) is 0 Å². The number of para-hydroxylation sites is 1. The summed E-state index contributed by atoms with van der Waals surface area (Å²) in [5, 5.41) is 0. The zero-order valence-corrected chi connectivity index (χ0v) is 15.3. The highest BCUT2D eigenvalue weighted by Crippen LogP contribution is 2.17. The fraction of sp³-hybridized carbons (Fsp3) is 0.294. The van der Waals surface area contributed by atoms with Crippen LogP contribution in [0.15, 0.2) is 49.1 Å². The molecule has 0 amide bonds. The fourth-order valence-corrected chi connectivity index (χ4v) is 3.10. The normalized spacial score (nSPS) is 11.5. The van der Waals surface area contributed by atoms with Gasteiger partial charge < -0.3 is 24.8 Å². The van der Waals surface area contributed by atoms with Gasteiger partial charge in [-0.15, -0.1) is 0 Å². The predicted molar refractivity (Wildman–Crippen MR) is 81.3 cm³/mol. The van der Waals surface area contributed by atoms with E-state index in [2.05, 4.69) is 82.9 Å². The third-order valence-electron chi connectivity index (χ3n) is 4.28. The van der Waals surface area contributed by atoms with Crippen LogP contribution in [-0.4, -0.2) is 9.55 Å². The summed E-state index contributed by atoms with van der Waals surface area (Å²) in [6, 6.07) is 10.5. The minimum absolute atomic E-state index is 0. The molecular weight excluding hydrogens is 331 g/mol. The molecule has 2 heterocycles. The number of hydrogen-bond donors (Lipinski definition) is 1. The molecule has 124 valence electrons. The number of H-pyrrole nitrogens is 1. The maximum atomic E-state index is 3.12. The molecule has 2 aromatic heterocycles. The first-order chi connectivity index (χ1) is 10.1. The van der Waals surface area contributed by atoms with Gasteiger partial charge >= 0.3 is 0 Å². The van der Waals surface area contributed by atoms with Gasteiger partial charge in [0.15, 0.2) is 0 Å². The summed E-state index contributed by atoms with van der Waals surface area (Å²) in [4.78, 5) is 3.12. The molecule has 1 N–H and O–H groups in total. The summed E-state index contributed by atoms with van der Waals surface area (Å²) in [5.41, 5.74) is 3.78. The quantitative estimate of drug-likeness (QED) is 0.471. The van der Waals surface area contributed by atoms with Crippen molar-refractivity contribution < 1.29 is 33.9 Å². The standard InChI is InChI=1S/C17H21N4.2ClH/c1-13-14(2)21(17-8-6-5-7-9-17)16(4)20(13)15(3)19-11-10-18-12-19;;/h5-12,15H,1-4H3;2*1H/q+1;;/p-1. The van der Waals surface area contributed by atoms with Crippen LogP contribution >= 0.6 is 0 Å². The van der Waals surface area contributed by atoms with Gasteiger partial charge in [-0.25, -0.2) is 0 Å². The molecule has 1 aromatic carbocycles. The number of nitrogens with one attached hydrogen (secondary N) is 1. The van der Waals surface area contributed by atoms with E-state index in [-0.39, 0.29) is 31.0 Å². The summed E-state index contributed by atoms with van der Waals surface area (Å²) in [6.45, 7) is 8.76. The first-order valence-electron chi connectivity index (χ1n) is 7.30. The highest BCUT2D eigenvalue weighted by Gasteiger charge is 2.29. The smallest absolute Gasteiger partial charge is 0.262 e. The van der Waals surface area contributed by atoms with Crippen molar-refractivity contribution in [1.82, 2.24) is 9.55 Å². The van der Waals surface area contributed by atoms with Crippen LogP contribution in [0.25, 0.3) is 5.69 Å². The van der Waals surface area contributed by atoms with E-state index in [1.807, 2.05) is 12.5 Å². The van der Waals surface area contributed by atoms with E-state index < -0.39 is 0 Å². The van der Waals surface area contributed by atoms with Crippen molar-refractivity contribution in [1.29, 1.82) is 0 Å². The predicted octanol–water partition coefficient (Wildman–Crippen LogP) is -3.62. The highest BCUT2D eigenvalue weighted by molar-refractivity contribution is 5.35. The molecule has 0 bridgehead atoms. The number of rotatable bonds is 3. The Morgan fingerprint density at radius 3 is 2.26 bits per heavy atom. The van der Waals surface area contributed by atoms with Gasteiger partial charge in [-0.1, -0.05) is 18.2 Å². The molecule has 23 heavy (non-hydrogen) atoms. The number of hydrogen-bond acceptors (Lipinski definition) is 0. The van der Waals surface area contributed by atoms with E-state index in [9.17, 15) is 0 Å². The highest BCUT2D eigenvalue weighted by atomic mass is 35.5. The van der Waals surface area contributed by atoms with E-state index in [1.165, 1.54) is 22.9 Å². The van der Waals surface area contributed by atoms with Crippen LogP contribution < -0.4 is 33.9 Å². The van der Waals surface area contributed by atoms with Gasteiger partial charge in [0.25, 0.3) is 5.82 Å². The number of halogens is 2. The maximum absolute atomic E-state index is 3.12. The largest absolute Gasteiger partial charge is 1.00 e. The van der Waals surface area contributed by atoms with E-state index in [0.29, 0.717) is 0 Å². The monoisotopic (exact) mass is 352 g/mol. The Bertz CT molecular complexity index is 749. The molecule has 0 radical (unpaired) electrons. The van der Waals surface area contributed by atoms with Crippen LogP contribution in [0, 0.1) is 20.8 Å². The van der Waals surface area contributed by atoms with Gasteiger partial charge in [0, 0.05) is 27.7 Å². The Morgan fingerprint density at radius 1 is 1.04 bits per heavy atom. The summed E-state index contributed by atoms with van der Waals surface area (Å²) >= 11 is 0. The summed E-state index contributed by atoms with van der Waals surface area (Å²) in [7, 11) is 0. The molecule has 1 unspecified atom stereocenters. The van der Waals surface area contributed by atoms with Crippen molar-refractivity contribution >= 4 is 0 Å². The van der Waals surface area contributed by atoms with Gasteiger partial charge in [0.05, 0.1) is 0 Å². The van der Waals surface area contributed by atoms with Crippen LogP contribution in [0.5, 0.6) is 0 Å². The molecule has 6 heteroatoms. The van der Waals surface area contributed by atoms with Gasteiger partial charge in [-0.2, -0.15) is 13.7 Å². The Kier molecular flexibility index (Phi) is 6.42. The molecule has 0 aliphatic heterocycles. The lowest BCUT2D eigenvalue weighted by Crippen LogP contribution is -3.00. The molecule has 3 rings (SSSR count). The molecule has 1 atom stereocenters. The number of benzene rings is 1. The average Bonchev–Trinajstić information content (AvgIpc) is 3.09. The molecule has 0 fully saturated rings. The second-order valence-electron chi connectivity index (χ2n) is 5.45. The Hall–Kier alpha value is -1.78. The fourth-order valence-electron chi connectivity index (χ4n) is 3.10. The van der Waals surface area contributed by atoms with Crippen LogP contribution in [0.2, 0.25) is 0 Å². The first-order valence-corrected chi connectivity index (χ1v) is 7.30. The lowest BCUT2D eigenvalue weighted by Gasteiger charge is -2.07. The lowest BCUT2D eigenvalue weighted by molar-refractivity contribution is -0.944. The Balaban J connectivity index is 0.00000132. The summed E-state index contributed by atoms with van der Waals surface area (Å²) in [6.07, 6.45) is 6.24. The van der Waals surface area contributed by atoms with Crippen molar-refractivity contribution in [3.63, 3.8) is 0 Å².